The summed E-state index contributed by atoms with van der Waals surface area (Å²) in [5.41, 5.74) is 2.26. The first-order valence-electron chi connectivity index (χ1n) is 3.35. The number of aldehydes is 1. The summed E-state index contributed by atoms with van der Waals surface area (Å²) < 4.78 is 0. The van der Waals surface area contributed by atoms with E-state index in [9.17, 15) is 4.79 Å². The third kappa shape index (κ3) is 1.34. The third-order valence-electron chi connectivity index (χ3n) is 1.63. The van der Waals surface area contributed by atoms with Crippen LogP contribution in [0, 0.1) is 12.3 Å². The molecule has 0 bridgehead atoms. The maximum atomic E-state index is 10.4. The Morgan fingerprint density at radius 3 is 2.64 bits per heavy atom. The fourth-order valence-corrected chi connectivity index (χ4v) is 1.00. The van der Waals surface area contributed by atoms with Crippen LogP contribution in [0.25, 0.3) is 0 Å². The number of hydrogen-bond donors (Lipinski definition) is 1. The number of carbonyl (C=O) groups is 1. The molecule has 56 valence electrons. The van der Waals surface area contributed by atoms with Gasteiger partial charge in [0.2, 0.25) is 0 Å². The zero-order valence-corrected chi connectivity index (χ0v) is 6.29. The molecule has 2 nitrogen and oxygen atoms in total. The summed E-state index contributed by atoms with van der Waals surface area (Å²) >= 11 is 0. The van der Waals surface area contributed by atoms with Gasteiger partial charge in [-0.05, 0) is 12.5 Å². The van der Waals surface area contributed by atoms with E-state index >= 15 is 0 Å². The molecule has 0 aromatic heterocycles. The van der Waals surface area contributed by atoms with Crippen LogP contribution >= 0.6 is 0 Å². The first kappa shape index (κ1) is 7.66. The van der Waals surface area contributed by atoms with Crippen LogP contribution in [0.15, 0.2) is 18.2 Å². The fourth-order valence-electron chi connectivity index (χ4n) is 1.00. The van der Waals surface area contributed by atoms with E-state index in [2.05, 4.69) is 0 Å². The summed E-state index contributed by atoms with van der Waals surface area (Å²) in [5, 5.41) is 7.04. The van der Waals surface area contributed by atoms with Gasteiger partial charge in [-0.1, -0.05) is 18.2 Å². The van der Waals surface area contributed by atoms with Gasteiger partial charge >= 0.3 is 0 Å². The standard InChI is InChI=1S/C9H9NO/c1-7-3-2-4-8(6-11)9(7)5-10/h2-6,10H,1H3. The Morgan fingerprint density at radius 2 is 2.18 bits per heavy atom. The molecule has 0 atom stereocenters. The summed E-state index contributed by atoms with van der Waals surface area (Å²) in [5.74, 6) is 0. The van der Waals surface area contributed by atoms with Gasteiger partial charge in [0.05, 0.1) is 0 Å². The SMILES string of the molecule is Cc1cccc(C=O)c1C=N. The highest BCUT2D eigenvalue weighted by Crippen LogP contribution is 2.08. The minimum Gasteiger partial charge on any atom is -0.308 e. The molecule has 1 N–H and O–H groups in total. The molecule has 0 unspecified atom stereocenters. The number of carbonyl (C=O) groups excluding carboxylic acids is 1. The van der Waals surface area contributed by atoms with E-state index < -0.39 is 0 Å². The summed E-state index contributed by atoms with van der Waals surface area (Å²) in [7, 11) is 0. The molecule has 0 spiro atoms. The topological polar surface area (TPSA) is 40.9 Å². The molecule has 0 aliphatic carbocycles. The molecule has 0 heterocycles. The van der Waals surface area contributed by atoms with Crippen LogP contribution in [0.2, 0.25) is 0 Å². The lowest BCUT2D eigenvalue weighted by Gasteiger charge is -2.00. The Hall–Kier alpha value is -1.44. The second kappa shape index (κ2) is 3.10. The summed E-state index contributed by atoms with van der Waals surface area (Å²) in [6.07, 6.45) is 1.98. The minimum atomic E-state index is 0.583. The first-order chi connectivity index (χ1) is 5.29. The Balaban J connectivity index is 3.35. The average molecular weight is 147 g/mol. The lowest BCUT2D eigenvalue weighted by atomic mass is 10.0. The predicted molar refractivity (Wildman–Crippen MR) is 44.5 cm³/mol. The monoisotopic (exact) mass is 147 g/mol. The molecule has 1 aromatic rings. The van der Waals surface area contributed by atoms with Crippen LogP contribution < -0.4 is 0 Å². The van der Waals surface area contributed by atoms with E-state index in [1.807, 2.05) is 19.1 Å². The Labute approximate surface area is 65.4 Å². The molecular weight excluding hydrogens is 138 g/mol. The number of aryl methyl sites for hydroxylation is 1. The molecule has 2 heteroatoms. The average Bonchev–Trinajstić information content (AvgIpc) is 2.04. The fraction of sp³-hybridized carbons (Fsp3) is 0.111. The molecular formula is C9H9NO. The molecule has 0 radical (unpaired) electrons. The van der Waals surface area contributed by atoms with Gasteiger partial charge in [-0.25, -0.2) is 0 Å². The maximum Gasteiger partial charge on any atom is 0.150 e. The van der Waals surface area contributed by atoms with E-state index in [0.717, 1.165) is 11.8 Å². The largest absolute Gasteiger partial charge is 0.308 e. The highest BCUT2D eigenvalue weighted by atomic mass is 16.1. The van der Waals surface area contributed by atoms with Crippen LogP contribution in [-0.2, 0) is 0 Å². The summed E-state index contributed by atoms with van der Waals surface area (Å²) in [6.45, 7) is 1.88. The van der Waals surface area contributed by atoms with Gasteiger partial charge in [0.1, 0.15) is 0 Å². The van der Waals surface area contributed by atoms with Crippen molar-refractivity contribution < 1.29 is 4.79 Å². The summed E-state index contributed by atoms with van der Waals surface area (Å²) in [6, 6.07) is 5.40. The van der Waals surface area contributed by atoms with Crippen LogP contribution in [0.1, 0.15) is 21.5 Å². The molecule has 0 saturated heterocycles. The second-order valence-electron chi connectivity index (χ2n) is 2.34. The number of rotatable bonds is 2. The Morgan fingerprint density at radius 1 is 1.45 bits per heavy atom. The highest BCUT2D eigenvalue weighted by Gasteiger charge is 1.99. The molecule has 1 aromatic carbocycles. The van der Waals surface area contributed by atoms with Crippen LogP contribution in [0.3, 0.4) is 0 Å². The van der Waals surface area contributed by atoms with Gasteiger partial charge in [0.25, 0.3) is 0 Å². The van der Waals surface area contributed by atoms with Crippen molar-refractivity contribution >= 4 is 12.5 Å². The van der Waals surface area contributed by atoms with E-state index in [1.165, 1.54) is 6.21 Å². The lowest BCUT2D eigenvalue weighted by Crippen LogP contribution is -1.93. The van der Waals surface area contributed by atoms with Gasteiger partial charge < -0.3 is 5.41 Å². The summed E-state index contributed by atoms with van der Waals surface area (Å²) in [4.78, 5) is 10.4. The molecule has 0 amide bonds. The van der Waals surface area contributed by atoms with Crippen molar-refractivity contribution in [2.75, 3.05) is 0 Å². The van der Waals surface area contributed by atoms with Gasteiger partial charge in [-0.3, -0.25) is 4.79 Å². The molecule has 0 saturated carbocycles. The van der Waals surface area contributed by atoms with Gasteiger partial charge in [0, 0.05) is 17.3 Å². The van der Waals surface area contributed by atoms with Crippen LogP contribution in [-0.4, -0.2) is 12.5 Å². The van der Waals surface area contributed by atoms with Crippen LogP contribution in [0.4, 0.5) is 0 Å². The molecule has 0 aliphatic heterocycles. The normalized spacial score (nSPS) is 9.18. The Bertz CT molecular complexity index is 292. The van der Waals surface area contributed by atoms with Crippen LogP contribution in [0.5, 0.6) is 0 Å². The molecule has 0 fully saturated rings. The lowest BCUT2D eigenvalue weighted by molar-refractivity contribution is 0.112. The number of hydrogen-bond acceptors (Lipinski definition) is 2. The molecule has 11 heavy (non-hydrogen) atoms. The van der Waals surface area contributed by atoms with E-state index in [0.29, 0.717) is 11.1 Å². The van der Waals surface area contributed by atoms with E-state index in [1.54, 1.807) is 6.07 Å². The van der Waals surface area contributed by atoms with Crippen molar-refractivity contribution in [2.45, 2.75) is 6.92 Å². The third-order valence-corrected chi connectivity index (χ3v) is 1.63. The smallest absolute Gasteiger partial charge is 0.150 e. The Kier molecular flexibility index (Phi) is 2.16. The minimum absolute atomic E-state index is 0.583. The van der Waals surface area contributed by atoms with Crippen molar-refractivity contribution in [1.82, 2.24) is 0 Å². The van der Waals surface area contributed by atoms with Crippen molar-refractivity contribution in [1.29, 1.82) is 5.41 Å². The zero-order valence-electron chi connectivity index (χ0n) is 6.29. The predicted octanol–water partition coefficient (Wildman–Crippen LogP) is 1.81. The molecule has 1 rings (SSSR count). The quantitative estimate of drug-likeness (QED) is 0.503. The van der Waals surface area contributed by atoms with Crippen molar-refractivity contribution in [3.8, 4) is 0 Å². The highest BCUT2D eigenvalue weighted by molar-refractivity contribution is 5.92. The van der Waals surface area contributed by atoms with Gasteiger partial charge in [-0.15, -0.1) is 0 Å². The first-order valence-corrected chi connectivity index (χ1v) is 3.35. The van der Waals surface area contributed by atoms with Crippen molar-refractivity contribution in [3.63, 3.8) is 0 Å². The van der Waals surface area contributed by atoms with E-state index in [-0.39, 0.29) is 0 Å². The van der Waals surface area contributed by atoms with Gasteiger partial charge in [0.15, 0.2) is 6.29 Å². The maximum absolute atomic E-state index is 10.4. The van der Waals surface area contributed by atoms with E-state index in [4.69, 9.17) is 5.41 Å². The van der Waals surface area contributed by atoms with Gasteiger partial charge in [-0.2, -0.15) is 0 Å². The van der Waals surface area contributed by atoms with Crippen molar-refractivity contribution in [2.24, 2.45) is 0 Å². The number of nitrogens with one attached hydrogen (secondary N) is 1. The number of benzene rings is 1. The second-order valence-corrected chi connectivity index (χ2v) is 2.34. The van der Waals surface area contributed by atoms with Crippen molar-refractivity contribution in [3.05, 3.63) is 34.9 Å². The molecule has 0 aliphatic rings. The zero-order chi connectivity index (χ0) is 8.27.